The van der Waals surface area contributed by atoms with E-state index in [1.165, 1.54) is 7.11 Å². The maximum absolute atomic E-state index is 11.4. The van der Waals surface area contributed by atoms with Gasteiger partial charge in [-0.3, -0.25) is 0 Å². The van der Waals surface area contributed by atoms with E-state index in [2.05, 4.69) is 11.7 Å². The van der Waals surface area contributed by atoms with E-state index in [4.69, 9.17) is 4.74 Å². The molecule has 2 fully saturated rings. The largest absolute Gasteiger partial charge is 0.467 e. The lowest BCUT2D eigenvalue weighted by Crippen LogP contribution is -2.55. The lowest BCUT2D eigenvalue weighted by molar-refractivity contribution is -0.194. The zero-order valence-corrected chi connectivity index (χ0v) is 9.28. The Morgan fingerprint density at radius 3 is 2.40 bits per heavy atom. The molecule has 1 N–H and O–H groups in total. The van der Waals surface area contributed by atoms with Gasteiger partial charge in [0.15, 0.2) is 6.10 Å². The molecule has 0 amide bonds. The Hall–Kier alpha value is -0.610. The van der Waals surface area contributed by atoms with Crippen LogP contribution in [0.4, 0.5) is 0 Å². The molecule has 1 saturated heterocycles. The predicted molar refractivity (Wildman–Crippen MR) is 53.2 cm³/mol. The molecule has 0 aromatic heterocycles. The summed E-state index contributed by atoms with van der Waals surface area (Å²) in [5.41, 5.74) is -0.270. The molecule has 1 aliphatic carbocycles. The average molecular weight is 214 g/mol. The second-order valence-electron chi connectivity index (χ2n) is 4.71. The van der Waals surface area contributed by atoms with E-state index in [-0.39, 0.29) is 10.8 Å². The molecule has 1 unspecified atom stereocenters. The molecule has 1 aliphatic heterocycles. The number of aliphatic hydroxyl groups excluding tert-OH is 1. The molecule has 0 spiro atoms. The maximum atomic E-state index is 11.4. The number of methoxy groups -OCH3 is 1. The fraction of sp³-hybridized carbons (Fsp3) is 0.909. The van der Waals surface area contributed by atoms with Gasteiger partial charge in [-0.1, -0.05) is 6.92 Å². The van der Waals surface area contributed by atoms with Crippen LogP contribution >= 0.6 is 0 Å². The lowest BCUT2D eigenvalue weighted by Gasteiger charge is -2.48. The highest BCUT2D eigenvalue weighted by atomic mass is 16.5. The Kier molecular flexibility index (Phi) is 2.51. The summed E-state index contributed by atoms with van der Waals surface area (Å²) in [6.45, 7) is 3.42. The van der Waals surface area contributed by atoms with Crippen molar-refractivity contribution < 1.29 is 19.4 Å². The van der Waals surface area contributed by atoms with Gasteiger partial charge in [-0.2, -0.15) is 0 Å². The quantitative estimate of drug-likeness (QED) is 0.701. The van der Waals surface area contributed by atoms with Crippen LogP contribution in [0, 0.1) is 10.8 Å². The van der Waals surface area contributed by atoms with Gasteiger partial charge in [0.1, 0.15) is 0 Å². The lowest BCUT2D eigenvalue weighted by atomic mass is 9.66. The van der Waals surface area contributed by atoms with Crippen molar-refractivity contribution >= 4 is 5.97 Å². The van der Waals surface area contributed by atoms with E-state index in [9.17, 15) is 9.90 Å². The van der Waals surface area contributed by atoms with E-state index in [0.717, 1.165) is 19.3 Å². The number of esters is 1. The monoisotopic (exact) mass is 214 g/mol. The molecule has 0 radical (unpaired) electrons. The molecule has 2 aliphatic rings. The number of carbonyl (C=O) groups is 1. The Balaban J connectivity index is 2.16. The Labute approximate surface area is 89.6 Å². The summed E-state index contributed by atoms with van der Waals surface area (Å²) in [5.74, 6) is -0.507. The molecule has 2 rings (SSSR count). The van der Waals surface area contributed by atoms with Gasteiger partial charge in [0.05, 0.1) is 20.3 Å². The molecule has 4 nitrogen and oxygen atoms in total. The Morgan fingerprint density at radius 2 is 2.13 bits per heavy atom. The summed E-state index contributed by atoms with van der Waals surface area (Å²) in [6, 6.07) is 0. The van der Waals surface area contributed by atoms with E-state index >= 15 is 0 Å². The minimum absolute atomic E-state index is 0.000602. The van der Waals surface area contributed by atoms with Crippen LogP contribution < -0.4 is 0 Å². The van der Waals surface area contributed by atoms with Crippen molar-refractivity contribution in [1.82, 2.24) is 0 Å². The first-order valence-corrected chi connectivity index (χ1v) is 5.45. The number of hydrogen-bond donors (Lipinski definition) is 1. The van der Waals surface area contributed by atoms with Crippen LogP contribution in [0.25, 0.3) is 0 Å². The molecule has 0 aromatic carbocycles. The highest BCUT2D eigenvalue weighted by Crippen LogP contribution is 2.65. The van der Waals surface area contributed by atoms with Gasteiger partial charge in [0.2, 0.25) is 0 Å². The van der Waals surface area contributed by atoms with Crippen LogP contribution in [0.15, 0.2) is 0 Å². The van der Waals surface area contributed by atoms with Gasteiger partial charge in [-0.05, 0) is 19.3 Å². The van der Waals surface area contributed by atoms with Gasteiger partial charge < -0.3 is 14.6 Å². The number of hydrogen-bond acceptors (Lipinski definition) is 4. The van der Waals surface area contributed by atoms with Gasteiger partial charge in [0.25, 0.3) is 0 Å². The summed E-state index contributed by atoms with van der Waals surface area (Å²) in [4.78, 5) is 11.4. The zero-order chi connectivity index (χ0) is 11.1. The van der Waals surface area contributed by atoms with Crippen molar-refractivity contribution in [3.63, 3.8) is 0 Å². The van der Waals surface area contributed by atoms with Crippen LogP contribution in [-0.4, -0.2) is 37.5 Å². The highest BCUT2D eigenvalue weighted by Gasteiger charge is 2.67. The van der Waals surface area contributed by atoms with Crippen LogP contribution in [-0.2, 0) is 14.3 Å². The zero-order valence-electron chi connectivity index (χ0n) is 9.28. The first kappa shape index (κ1) is 10.9. The van der Waals surface area contributed by atoms with Crippen molar-refractivity contribution in [3.8, 4) is 0 Å². The smallest absolute Gasteiger partial charge is 0.335 e. The predicted octanol–water partition coefficient (Wildman–Crippen LogP) is 0.727. The summed E-state index contributed by atoms with van der Waals surface area (Å²) < 4.78 is 9.87. The molecular weight excluding hydrogens is 196 g/mol. The number of rotatable bonds is 4. The number of carbonyl (C=O) groups excluding carboxylic acids is 1. The summed E-state index contributed by atoms with van der Waals surface area (Å²) in [5, 5.41) is 10.0. The Morgan fingerprint density at radius 1 is 1.53 bits per heavy atom. The van der Waals surface area contributed by atoms with Crippen LogP contribution in [0.5, 0.6) is 0 Å². The molecule has 0 bridgehead atoms. The second-order valence-corrected chi connectivity index (χ2v) is 4.71. The molecule has 4 heteroatoms. The fourth-order valence-electron chi connectivity index (χ4n) is 2.76. The summed E-state index contributed by atoms with van der Waals surface area (Å²) in [7, 11) is 1.32. The van der Waals surface area contributed by atoms with E-state index < -0.39 is 12.1 Å². The standard InChI is InChI=1S/C11H18O4/c1-3-10(6-15-7-10)11(4-5-11)8(12)9(13)14-2/h8,12H,3-7H2,1-2H3. The SMILES string of the molecule is CCC1(C2(C(O)C(=O)OC)CC2)COC1. The third-order valence-electron chi connectivity index (χ3n) is 4.23. The molecule has 15 heavy (non-hydrogen) atoms. The van der Waals surface area contributed by atoms with Gasteiger partial charge in [-0.15, -0.1) is 0 Å². The van der Waals surface area contributed by atoms with E-state index in [0.29, 0.717) is 13.2 Å². The molecule has 86 valence electrons. The van der Waals surface area contributed by atoms with Crippen molar-refractivity contribution in [2.45, 2.75) is 32.3 Å². The molecule has 0 aromatic rings. The molecule has 1 atom stereocenters. The third kappa shape index (κ3) is 1.31. The first-order valence-electron chi connectivity index (χ1n) is 5.45. The fourth-order valence-corrected chi connectivity index (χ4v) is 2.76. The highest BCUT2D eigenvalue weighted by molar-refractivity contribution is 5.76. The van der Waals surface area contributed by atoms with Crippen molar-refractivity contribution in [2.75, 3.05) is 20.3 Å². The average Bonchev–Trinajstić information content (AvgIpc) is 2.96. The van der Waals surface area contributed by atoms with Gasteiger partial charge in [-0.25, -0.2) is 4.79 Å². The minimum atomic E-state index is -0.980. The normalized spacial score (nSPS) is 27.7. The number of aliphatic hydroxyl groups is 1. The van der Waals surface area contributed by atoms with Crippen LogP contribution in [0.1, 0.15) is 26.2 Å². The first-order chi connectivity index (χ1) is 7.12. The molecule has 1 heterocycles. The molecule has 1 saturated carbocycles. The van der Waals surface area contributed by atoms with Crippen molar-refractivity contribution in [3.05, 3.63) is 0 Å². The maximum Gasteiger partial charge on any atom is 0.335 e. The number of ether oxygens (including phenoxy) is 2. The van der Waals surface area contributed by atoms with Gasteiger partial charge >= 0.3 is 5.97 Å². The van der Waals surface area contributed by atoms with Gasteiger partial charge in [0, 0.05) is 10.8 Å². The molecular formula is C11H18O4. The second kappa shape index (κ2) is 3.46. The van der Waals surface area contributed by atoms with Crippen molar-refractivity contribution in [2.24, 2.45) is 10.8 Å². The van der Waals surface area contributed by atoms with E-state index in [1.54, 1.807) is 0 Å². The summed E-state index contributed by atoms with van der Waals surface area (Å²) in [6.07, 6.45) is 1.77. The van der Waals surface area contributed by atoms with Crippen molar-refractivity contribution in [1.29, 1.82) is 0 Å². The Bertz CT molecular complexity index is 260. The minimum Gasteiger partial charge on any atom is -0.467 e. The topological polar surface area (TPSA) is 55.8 Å². The third-order valence-corrected chi connectivity index (χ3v) is 4.23. The van der Waals surface area contributed by atoms with E-state index in [1.807, 2.05) is 0 Å². The summed E-state index contributed by atoms with van der Waals surface area (Å²) >= 11 is 0. The van der Waals surface area contributed by atoms with Crippen LogP contribution in [0.2, 0.25) is 0 Å². The van der Waals surface area contributed by atoms with Crippen LogP contribution in [0.3, 0.4) is 0 Å².